The maximum Gasteiger partial charge on any atom is 0.0991 e. The number of hydrogen-bond acceptors (Lipinski definition) is 2. The summed E-state index contributed by atoms with van der Waals surface area (Å²) in [5.41, 5.74) is 3.63. The summed E-state index contributed by atoms with van der Waals surface area (Å²) < 4.78 is 0. The molecule has 0 aliphatic rings. The first-order valence-corrected chi connectivity index (χ1v) is 8.68. The Bertz CT molecular complexity index is 963. The van der Waals surface area contributed by atoms with E-state index >= 15 is 0 Å². The van der Waals surface area contributed by atoms with Crippen LogP contribution in [0, 0.1) is 35.0 Å². The number of nitriles is 1. The Labute approximate surface area is 160 Å². The van der Waals surface area contributed by atoms with Crippen LogP contribution in [0.4, 0.5) is 5.69 Å². The summed E-state index contributed by atoms with van der Waals surface area (Å²) in [6.07, 6.45) is 0. The number of rotatable bonds is 3. The van der Waals surface area contributed by atoms with E-state index in [2.05, 4.69) is 34.7 Å². The molecule has 3 aromatic rings. The lowest BCUT2D eigenvalue weighted by atomic mass is 10.2. The van der Waals surface area contributed by atoms with Crippen molar-refractivity contribution in [1.29, 1.82) is 5.26 Å². The van der Waals surface area contributed by atoms with Gasteiger partial charge in [-0.05, 0) is 48.5 Å². The molecule has 27 heavy (non-hydrogen) atoms. The van der Waals surface area contributed by atoms with Crippen LogP contribution in [0.2, 0.25) is 0 Å². The maximum atomic E-state index is 8.99. The largest absolute Gasteiger partial charge is 0.349 e. The third-order valence-electron chi connectivity index (χ3n) is 3.91. The van der Waals surface area contributed by atoms with Gasteiger partial charge in [-0.3, -0.25) is 0 Å². The molecule has 0 saturated carbocycles. The van der Waals surface area contributed by atoms with Gasteiger partial charge >= 0.3 is 0 Å². The van der Waals surface area contributed by atoms with Crippen LogP contribution < -0.4 is 4.90 Å². The summed E-state index contributed by atoms with van der Waals surface area (Å²) in [6.45, 7) is 1.12. The quantitative estimate of drug-likeness (QED) is 0.654. The van der Waals surface area contributed by atoms with E-state index in [1.165, 1.54) is 0 Å². The van der Waals surface area contributed by atoms with Crippen LogP contribution in [0.25, 0.3) is 0 Å². The molecule has 128 valence electrons. The van der Waals surface area contributed by atoms with Crippen molar-refractivity contribution in [3.63, 3.8) is 0 Å². The van der Waals surface area contributed by atoms with Gasteiger partial charge in [0.2, 0.25) is 0 Å². The Morgan fingerprint density at radius 3 is 1.52 bits per heavy atom. The molecule has 0 atom stereocenters. The van der Waals surface area contributed by atoms with Gasteiger partial charge in [0, 0.05) is 16.8 Å². The van der Waals surface area contributed by atoms with Gasteiger partial charge in [0.15, 0.2) is 0 Å². The van der Waals surface area contributed by atoms with Crippen molar-refractivity contribution in [1.82, 2.24) is 0 Å². The summed E-state index contributed by atoms with van der Waals surface area (Å²) in [4.78, 5) is 2.10. The minimum absolute atomic E-state index is 0.560. The molecule has 0 saturated heterocycles. The van der Waals surface area contributed by atoms with Crippen molar-refractivity contribution in [3.05, 3.63) is 102 Å². The highest BCUT2D eigenvalue weighted by molar-refractivity contribution is 5.52. The molecule has 0 aliphatic heterocycles. The molecule has 0 unspecified atom stereocenters. The fraction of sp³-hybridized carbons (Fsp3) is 0.0800. The summed E-state index contributed by atoms with van der Waals surface area (Å²) in [6, 6.07) is 29.5. The van der Waals surface area contributed by atoms with Gasteiger partial charge in [-0.25, -0.2) is 0 Å². The molecule has 0 N–H and O–H groups in total. The zero-order valence-electron chi connectivity index (χ0n) is 14.9. The predicted octanol–water partition coefficient (Wildman–Crippen LogP) is 4.47. The van der Waals surface area contributed by atoms with Crippen LogP contribution in [0.15, 0.2) is 84.9 Å². The molecule has 0 aromatic heterocycles. The molecule has 3 aromatic carbocycles. The third-order valence-corrected chi connectivity index (χ3v) is 3.91. The molecular formula is C25H18N2. The van der Waals surface area contributed by atoms with E-state index in [4.69, 9.17) is 5.26 Å². The first-order chi connectivity index (χ1) is 13.3. The minimum atomic E-state index is 0.560. The Morgan fingerprint density at radius 1 is 0.593 bits per heavy atom. The van der Waals surface area contributed by atoms with Crippen molar-refractivity contribution < 1.29 is 0 Å². The molecule has 0 aliphatic carbocycles. The highest BCUT2D eigenvalue weighted by Crippen LogP contribution is 2.14. The molecule has 2 heteroatoms. The number of benzene rings is 3. The van der Waals surface area contributed by atoms with Gasteiger partial charge < -0.3 is 4.90 Å². The van der Waals surface area contributed by atoms with Crippen LogP contribution in [0.5, 0.6) is 0 Å². The van der Waals surface area contributed by atoms with Gasteiger partial charge in [-0.15, -0.1) is 0 Å². The maximum absolute atomic E-state index is 8.99. The summed E-state index contributed by atoms with van der Waals surface area (Å²) in [5, 5.41) is 8.99. The zero-order valence-corrected chi connectivity index (χ0v) is 14.9. The predicted molar refractivity (Wildman–Crippen MR) is 110 cm³/mol. The Kier molecular flexibility index (Phi) is 6.31. The van der Waals surface area contributed by atoms with Crippen LogP contribution in [-0.2, 0) is 0 Å². The van der Waals surface area contributed by atoms with E-state index in [-0.39, 0.29) is 0 Å². The van der Waals surface area contributed by atoms with Gasteiger partial charge in [0.05, 0.1) is 24.7 Å². The molecule has 0 radical (unpaired) electrons. The number of anilines is 1. The standard InChI is InChI=1S/C25H18N2/c26-21-24-15-17-25(18-16-24)27(19-7-13-22-9-3-1-4-10-22)20-8-14-23-11-5-2-6-12-23/h1-6,9-12,15-18H,19-20H2. The molecule has 0 spiro atoms. The molecule has 2 nitrogen and oxygen atoms in total. The normalized spacial score (nSPS) is 9.15. The summed E-state index contributed by atoms with van der Waals surface area (Å²) in [7, 11) is 0. The van der Waals surface area contributed by atoms with Gasteiger partial charge in [-0.2, -0.15) is 5.26 Å². The van der Waals surface area contributed by atoms with Gasteiger partial charge in [0.25, 0.3) is 0 Å². The second-order valence-corrected chi connectivity index (χ2v) is 5.85. The minimum Gasteiger partial charge on any atom is -0.349 e. The lowest BCUT2D eigenvalue weighted by Gasteiger charge is -2.19. The highest BCUT2D eigenvalue weighted by atomic mass is 15.1. The van der Waals surface area contributed by atoms with Crippen LogP contribution in [0.3, 0.4) is 0 Å². The van der Waals surface area contributed by atoms with Crippen LogP contribution in [0.1, 0.15) is 16.7 Å². The van der Waals surface area contributed by atoms with Crippen molar-refractivity contribution in [3.8, 4) is 29.8 Å². The van der Waals surface area contributed by atoms with Crippen molar-refractivity contribution in [2.24, 2.45) is 0 Å². The molecule has 0 amide bonds. The second kappa shape index (κ2) is 9.53. The fourth-order valence-corrected chi connectivity index (χ4v) is 2.50. The van der Waals surface area contributed by atoms with Crippen molar-refractivity contribution in [2.45, 2.75) is 0 Å². The lowest BCUT2D eigenvalue weighted by molar-refractivity contribution is 0.985. The number of nitrogens with zero attached hydrogens (tertiary/aromatic N) is 2. The second-order valence-electron chi connectivity index (χ2n) is 5.85. The molecular weight excluding hydrogens is 328 g/mol. The van der Waals surface area contributed by atoms with Gasteiger partial charge in [-0.1, -0.05) is 60.1 Å². The van der Waals surface area contributed by atoms with E-state index in [1.54, 1.807) is 0 Å². The molecule has 3 rings (SSSR count). The van der Waals surface area contributed by atoms with E-state index < -0.39 is 0 Å². The highest BCUT2D eigenvalue weighted by Gasteiger charge is 2.03. The van der Waals surface area contributed by atoms with Crippen molar-refractivity contribution in [2.75, 3.05) is 18.0 Å². The molecule has 0 fully saturated rings. The third kappa shape index (κ3) is 5.54. The van der Waals surface area contributed by atoms with E-state index in [9.17, 15) is 0 Å². The van der Waals surface area contributed by atoms with Crippen LogP contribution >= 0.6 is 0 Å². The molecule has 0 heterocycles. The average molecular weight is 346 g/mol. The summed E-state index contributed by atoms with van der Waals surface area (Å²) >= 11 is 0. The lowest BCUT2D eigenvalue weighted by Crippen LogP contribution is -2.23. The Morgan fingerprint density at radius 2 is 1.07 bits per heavy atom. The summed E-state index contributed by atoms with van der Waals surface area (Å²) in [5.74, 6) is 12.8. The SMILES string of the molecule is N#Cc1ccc(N(CC#Cc2ccccc2)CC#Cc2ccccc2)cc1. The first kappa shape index (κ1) is 17.9. The average Bonchev–Trinajstić information content (AvgIpc) is 2.74. The molecule has 0 bridgehead atoms. The van der Waals surface area contributed by atoms with Gasteiger partial charge in [0.1, 0.15) is 0 Å². The topological polar surface area (TPSA) is 27.0 Å². The fourth-order valence-electron chi connectivity index (χ4n) is 2.50. The van der Waals surface area contributed by atoms with Crippen LogP contribution in [-0.4, -0.2) is 13.1 Å². The Balaban J connectivity index is 1.77. The smallest absolute Gasteiger partial charge is 0.0991 e. The monoisotopic (exact) mass is 346 g/mol. The first-order valence-electron chi connectivity index (χ1n) is 8.68. The van der Waals surface area contributed by atoms with E-state index in [0.717, 1.165) is 16.8 Å². The zero-order chi connectivity index (χ0) is 18.7. The number of hydrogen-bond donors (Lipinski definition) is 0. The Hall–Kier alpha value is -3.93. The van der Waals surface area contributed by atoms with Crippen molar-refractivity contribution >= 4 is 5.69 Å². The van der Waals surface area contributed by atoms with E-state index in [1.807, 2.05) is 84.9 Å². The van der Waals surface area contributed by atoms with E-state index in [0.29, 0.717) is 18.7 Å².